The second-order valence-electron chi connectivity index (χ2n) is 4.09. The fraction of sp³-hybridized carbons (Fsp3) is 0.417. The molecule has 1 aromatic carbocycles. The van der Waals surface area contributed by atoms with E-state index in [4.69, 9.17) is 16.7 Å². The maximum atomic E-state index is 11.1. The molecule has 16 heavy (non-hydrogen) atoms. The fourth-order valence-corrected chi connectivity index (χ4v) is 2.41. The van der Waals surface area contributed by atoms with Crippen LogP contribution in [0.25, 0.3) is 0 Å². The molecule has 0 bridgehead atoms. The highest BCUT2D eigenvalue weighted by molar-refractivity contribution is 6.34. The topological polar surface area (TPSA) is 49.3 Å². The second kappa shape index (κ2) is 4.74. The van der Waals surface area contributed by atoms with Gasteiger partial charge in [-0.25, -0.2) is 4.79 Å². The molecule has 0 atom stereocenters. The molecule has 0 heterocycles. The summed E-state index contributed by atoms with van der Waals surface area (Å²) in [6.07, 6.45) is 4.62. The minimum Gasteiger partial charge on any atom is -0.478 e. The van der Waals surface area contributed by atoms with Gasteiger partial charge < -0.3 is 10.4 Å². The van der Waals surface area contributed by atoms with Crippen LogP contribution >= 0.6 is 11.6 Å². The predicted molar refractivity (Wildman–Crippen MR) is 64.3 cm³/mol. The molecule has 86 valence electrons. The van der Waals surface area contributed by atoms with Gasteiger partial charge in [-0.15, -0.1) is 0 Å². The molecule has 1 fully saturated rings. The van der Waals surface area contributed by atoms with Gasteiger partial charge in [0.25, 0.3) is 0 Å². The number of hydrogen-bond donors (Lipinski definition) is 2. The van der Waals surface area contributed by atoms with Gasteiger partial charge in [-0.05, 0) is 25.0 Å². The number of carbonyl (C=O) groups is 1. The summed E-state index contributed by atoms with van der Waals surface area (Å²) in [5.41, 5.74) is 0.808. The zero-order chi connectivity index (χ0) is 11.5. The second-order valence-corrected chi connectivity index (χ2v) is 4.50. The number of halogens is 1. The van der Waals surface area contributed by atoms with E-state index >= 15 is 0 Å². The van der Waals surface area contributed by atoms with Crippen LogP contribution in [0, 0.1) is 0 Å². The zero-order valence-electron chi connectivity index (χ0n) is 8.87. The largest absolute Gasteiger partial charge is 0.478 e. The molecule has 1 aliphatic carbocycles. The molecule has 2 rings (SSSR count). The van der Waals surface area contributed by atoms with Crippen LogP contribution in [0.15, 0.2) is 18.2 Å². The molecule has 0 unspecified atom stereocenters. The Kier molecular flexibility index (Phi) is 3.34. The predicted octanol–water partition coefficient (Wildman–Crippen LogP) is 3.39. The standard InChI is InChI=1S/C12H14ClNO2/c13-9-6-3-7-10(11(9)12(15)16)14-8-4-1-2-5-8/h3,6-8,14H,1-2,4-5H2,(H,15,16). The summed E-state index contributed by atoms with van der Waals surface area (Å²) >= 11 is 5.89. The average Bonchev–Trinajstić information content (AvgIpc) is 2.70. The third-order valence-electron chi connectivity index (χ3n) is 2.94. The van der Waals surface area contributed by atoms with Crippen molar-refractivity contribution in [2.75, 3.05) is 5.32 Å². The van der Waals surface area contributed by atoms with Crippen LogP contribution in [-0.4, -0.2) is 17.1 Å². The minimum atomic E-state index is -0.980. The number of aromatic carboxylic acids is 1. The van der Waals surface area contributed by atoms with Crippen molar-refractivity contribution in [1.82, 2.24) is 0 Å². The number of hydrogen-bond acceptors (Lipinski definition) is 2. The van der Waals surface area contributed by atoms with Gasteiger partial charge in [0.1, 0.15) is 5.56 Å². The first kappa shape index (κ1) is 11.3. The van der Waals surface area contributed by atoms with Gasteiger partial charge in [0.2, 0.25) is 0 Å². The summed E-state index contributed by atoms with van der Waals surface area (Å²) in [4.78, 5) is 11.1. The normalized spacial score (nSPS) is 16.3. The molecule has 1 aliphatic rings. The third-order valence-corrected chi connectivity index (χ3v) is 3.26. The van der Waals surface area contributed by atoms with E-state index in [2.05, 4.69) is 5.32 Å². The lowest BCUT2D eigenvalue weighted by Gasteiger charge is -2.16. The average molecular weight is 240 g/mol. The van der Waals surface area contributed by atoms with Crippen LogP contribution < -0.4 is 5.32 Å². The first-order chi connectivity index (χ1) is 7.68. The Hall–Kier alpha value is -1.22. The van der Waals surface area contributed by atoms with E-state index in [9.17, 15) is 4.79 Å². The van der Waals surface area contributed by atoms with E-state index in [1.165, 1.54) is 12.8 Å². The van der Waals surface area contributed by atoms with Crippen molar-refractivity contribution in [3.05, 3.63) is 28.8 Å². The van der Waals surface area contributed by atoms with Crippen LogP contribution in [0.3, 0.4) is 0 Å². The first-order valence-corrected chi connectivity index (χ1v) is 5.84. The zero-order valence-corrected chi connectivity index (χ0v) is 9.63. The van der Waals surface area contributed by atoms with E-state index in [0.29, 0.717) is 11.7 Å². The lowest BCUT2D eigenvalue weighted by Crippen LogP contribution is -2.17. The summed E-state index contributed by atoms with van der Waals surface area (Å²) < 4.78 is 0. The number of carboxylic acid groups (broad SMARTS) is 1. The molecule has 3 nitrogen and oxygen atoms in total. The highest BCUT2D eigenvalue weighted by Gasteiger charge is 2.19. The van der Waals surface area contributed by atoms with Crippen molar-refractivity contribution < 1.29 is 9.90 Å². The number of anilines is 1. The van der Waals surface area contributed by atoms with Crippen LogP contribution in [0.2, 0.25) is 5.02 Å². The lowest BCUT2D eigenvalue weighted by atomic mass is 10.1. The van der Waals surface area contributed by atoms with Gasteiger partial charge in [-0.2, -0.15) is 0 Å². The Labute approximate surface area is 99.4 Å². The van der Waals surface area contributed by atoms with Gasteiger partial charge in [-0.3, -0.25) is 0 Å². The molecular weight excluding hydrogens is 226 g/mol. The van der Waals surface area contributed by atoms with Crippen LogP contribution in [0.5, 0.6) is 0 Å². The van der Waals surface area contributed by atoms with Gasteiger partial charge in [0.05, 0.1) is 10.7 Å². The third kappa shape index (κ3) is 2.30. The molecule has 0 radical (unpaired) electrons. The number of nitrogens with one attached hydrogen (secondary N) is 1. The van der Waals surface area contributed by atoms with E-state index in [-0.39, 0.29) is 10.6 Å². The first-order valence-electron chi connectivity index (χ1n) is 5.47. The highest BCUT2D eigenvalue weighted by atomic mass is 35.5. The van der Waals surface area contributed by atoms with Crippen LogP contribution in [0.4, 0.5) is 5.69 Å². The Morgan fingerprint density at radius 2 is 2.06 bits per heavy atom. The van der Waals surface area contributed by atoms with E-state index in [1.54, 1.807) is 18.2 Å². The molecule has 1 saturated carbocycles. The summed E-state index contributed by atoms with van der Waals surface area (Å²) in [7, 11) is 0. The number of benzene rings is 1. The van der Waals surface area contributed by atoms with Crippen molar-refractivity contribution in [3.8, 4) is 0 Å². The highest BCUT2D eigenvalue weighted by Crippen LogP contribution is 2.28. The van der Waals surface area contributed by atoms with Crippen molar-refractivity contribution >= 4 is 23.3 Å². The molecular formula is C12H14ClNO2. The molecule has 1 aromatic rings. The van der Waals surface area contributed by atoms with Crippen molar-refractivity contribution in [2.24, 2.45) is 0 Å². The summed E-state index contributed by atoms with van der Waals surface area (Å²) in [5.74, 6) is -0.980. The summed E-state index contributed by atoms with van der Waals surface area (Å²) in [6, 6.07) is 5.53. The molecule has 0 saturated heterocycles. The summed E-state index contributed by atoms with van der Waals surface area (Å²) in [5, 5.41) is 12.6. The molecule has 0 spiro atoms. The molecule has 4 heteroatoms. The Morgan fingerprint density at radius 3 is 2.69 bits per heavy atom. The molecule has 0 aliphatic heterocycles. The Bertz CT molecular complexity index is 400. The van der Waals surface area contributed by atoms with Gasteiger partial charge in [0, 0.05) is 6.04 Å². The Balaban J connectivity index is 2.25. The van der Waals surface area contributed by atoms with E-state index in [0.717, 1.165) is 12.8 Å². The minimum absolute atomic E-state index is 0.177. The Morgan fingerprint density at radius 1 is 1.38 bits per heavy atom. The monoisotopic (exact) mass is 239 g/mol. The summed E-state index contributed by atoms with van der Waals surface area (Å²) in [6.45, 7) is 0. The van der Waals surface area contributed by atoms with E-state index < -0.39 is 5.97 Å². The molecule has 2 N–H and O–H groups in total. The van der Waals surface area contributed by atoms with Gasteiger partial charge in [-0.1, -0.05) is 30.5 Å². The number of carboxylic acids is 1. The van der Waals surface area contributed by atoms with Crippen LogP contribution in [-0.2, 0) is 0 Å². The number of rotatable bonds is 3. The van der Waals surface area contributed by atoms with Crippen molar-refractivity contribution in [1.29, 1.82) is 0 Å². The molecule has 0 aromatic heterocycles. The van der Waals surface area contributed by atoms with Gasteiger partial charge in [0.15, 0.2) is 0 Å². The lowest BCUT2D eigenvalue weighted by molar-refractivity contribution is 0.0698. The SMILES string of the molecule is O=C(O)c1c(Cl)cccc1NC1CCCC1. The van der Waals surface area contributed by atoms with Crippen LogP contribution in [0.1, 0.15) is 36.0 Å². The maximum absolute atomic E-state index is 11.1. The van der Waals surface area contributed by atoms with Crippen molar-refractivity contribution in [2.45, 2.75) is 31.7 Å². The quantitative estimate of drug-likeness (QED) is 0.850. The van der Waals surface area contributed by atoms with Crippen molar-refractivity contribution in [3.63, 3.8) is 0 Å². The maximum Gasteiger partial charge on any atom is 0.339 e. The van der Waals surface area contributed by atoms with E-state index in [1.807, 2.05) is 0 Å². The smallest absolute Gasteiger partial charge is 0.339 e. The fourth-order valence-electron chi connectivity index (χ4n) is 2.15. The van der Waals surface area contributed by atoms with Gasteiger partial charge >= 0.3 is 5.97 Å². The molecule has 0 amide bonds.